The molecule has 0 fully saturated rings. The van der Waals surface area contributed by atoms with Gasteiger partial charge in [-0.05, 0) is 19.9 Å². The standard InChI is InChI=1S/C9H10ClF2NO/c1-9(2,13)6-7(12)5(11)3-4(10)8(6)14/h3,14H,13H2,1-2H3. The Hall–Kier alpha value is -0.870. The largest absolute Gasteiger partial charge is 0.506 e. The van der Waals surface area contributed by atoms with Gasteiger partial charge in [-0.3, -0.25) is 0 Å². The molecule has 14 heavy (non-hydrogen) atoms. The van der Waals surface area contributed by atoms with E-state index in [0.29, 0.717) is 6.07 Å². The molecule has 0 amide bonds. The molecule has 0 unspecified atom stereocenters. The van der Waals surface area contributed by atoms with Crippen molar-refractivity contribution in [1.82, 2.24) is 0 Å². The Morgan fingerprint density at radius 2 is 1.93 bits per heavy atom. The summed E-state index contributed by atoms with van der Waals surface area (Å²) in [5.41, 5.74) is 4.06. The van der Waals surface area contributed by atoms with Gasteiger partial charge in [0.15, 0.2) is 11.6 Å². The lowest BCUT2D eigenvalue weighted by molar-refractivity contribution is 0.403. The Labute approximate surface area is 85.3 Å². The van der Waals surface area contributed by atoms with Gasteiger partial charge in [-0.1, -0.05) is 11.6 Å². The van der Waals surface area contributed by atoms with Crippen molar-refractivity contribution < 1.29 is 13.9 Å². The molecule has 0 saturated heterocycles. The molecule has 1 aromatic rings. The topological polar surface area (TPSA) is 46.2 Å². The van der Waals surface area contributed by atoms with E-state index in [1.807, 2.05) is 0 Å². The molecule has 1 aromatic carbocycles. The van der Waals surface area contributed by atoms with Gasteiger partial charge in [-0.2, -0.15) is 0 Å². The highest BCUT2D eigenvalue weighted by Gasteiger charge is 2.27. The molecular formula is C9H10ClF2NO. The average molecular weight is 222 g/mol. The van der Waals surface area contributed by atoms with Crippen molar-refractivity contribution in [3.05, 3.63) is 28.3 Å². The highest BCUT2D eigenvalue weighted by molar-refractivity contribution is 6.32. The second-order valence-electron chi connectivity index (χ2n) is 3.60. The van der Waals surface area contributed by atoms with E-state index >= 15 is 0 Å². The molecule has 0 aromatic heterocycles. The minimum atomic E-state index is -1.19. The number of benzene rings is 1. The minimum absolute atomic E-state index is 0.252. The summed E-state index contributed by atoms with van der Waals surface area (Å²) < 4.78 is 26.2. The van der Waals surface area contributed by atoms with E-state index in [1.54, 1.807) is 0 Å². The van der Waals surface area contributed by atoms with Gasteiger partial charge < -0.3 is 10.8 Å². The Balaban J connectivity index is 3.56. The summed E-state index contributed by atoms with van der Waals surface area (Å²) in [5, 5.41) is 9.17. The molecule has 3 N–H and O–H groups in total. The second-order valence-corrected chi connectivity index (χ2v) is 4.01. The normalized spacial score (nSPS) is 11.9. The Bertz CT molecular complexity index is 348. The quantitative estimate of drug-likeness (QED) is 0.716. The van der Waals surface area contributed by atoms with Crippen LogP contribution in [0.5, 0.6) is 5.75 Å². The van der Waals surface area contributed by atoms with Gasteiger partial charge in [-0.15, -0.1) is 0 Å². The van der Waals surface area contributed by atoms with Crippen molar-refractivity contribution in [3.8, 4) is 5.75 Å². The van der Waals surface area contributed by atoms with Crippen LogP contribution in [0.2, 0.25) is 5.02 Å². The molecule has 0 aliphatic heterocycles. The molecular weight excluding hydrogens is 212 g/mol. The predicted octanol–water partition coefficient (Wildman–Crippen LogP) is 2.52. The van der Waals surface area contributed by atoms with Gasteiger partial charge >= 0.3 is 0 Å². The zero-order valence-electron chi connectivity index (χ0n) is 7.74. The van der Waals surface area contributed by atoms with Gasteiger partial charge in [0.05, 0.1) is 10.6 Å². The molecule has 0 aliphatic carbocycles. The summed E-state index contributed by atoms with van der Waals surface area (Å²) in [7, 11) is 0. The molecule has 0 atom stereocenters. The summed E-state index contributed by atoms with van der Waals surface area (Å²) >= 11 is 5.48. The first-order chi connectivity index (χ1) is 6.25. The summed E-state index contributed by atoms with van der Waals surface area (Å²) in [5.74, 6) is -2.81. The molecule has 0 heterocycles. The molecule has 0 aliphatic rings. The van der Waals surface area contributed by atoms with Crippen LogP contribution in [0.4, 0.5) is 8.78 Å². The minimum Gasteiger partial charge on any atom is -0.506 e. The third kappa shape index (κ3) is 1.81. The monoisotopic (exact) mass is 221 g/mol. The van der Waals surface area contributed by atoms with Crippen LogP contribution >= 0.6 is 11.6 Å². The van der Waals surface area contributed by atoms with Crippen LogP contribution < -0.4 is 5.73 Å². The van der Waals surface area contributed by atoms with Gasteiger partial charge in [-0.25, -0.2) is 8.78 Å². The van der Waals surface area contributed by atoms with Gasteiger partial charge in [0.2, 0.25) is 0 Å². The Morgan fingerprint density at radius 1 is 1.43 bits per heavy atom. The van der Waals surface area contributed by atoms with Crippen LogP contribution in [-0.2, 0) is 5.54 Å². The molecule has 1 rings (SSSR count). The third-order valence-electron chi connectivity index (χ3n) is 1.79. The van der Waals surface area contributed by atoms with Gasteiger partial charge in [0, 0.05) is 5.54 Å². The maximum absolute atomic E-state index is 13.3. The van der Waals surface area contributed by atoms with Crippen LogP contribution in [0.25, 0.3) is 0 Å². The molecule has 2 nitrogen and oxygen atoms in total. The molecule has 0 saturated carbocycles. The first kappa shape index (κ1) is 11.2. The molecule has 0 radical (unpaired) electrons. The molecule has 0 bridgehead atoms. The predicted molar refractivity (Wildman–Crippen MR) is 50.2 cm³/mol. The van der Waals surface area contributed by atoms with E-state index in [9.17, 15) is 13.9 Å². The smallest absolute Gasteiger partial charge is 0.167 e. The molecule has 0 spiro atoms. The number of aromatic hydroxyl groups is 1. The summed E-state index contributed by atoms with van der Waals surface area (Å²) in [6, 6.07) is 0.710. The molecule has 78 valence electrons. The number of phenolic OH excluding ortho intramolecular Hbond substituents is 1. The highest BCUT2D eigenvalue weighted by Crippen LogP contribution is 2.36. The zero-order valence-corrected chi connectivity index (χ0v) is 8.49. The Kier molecular flexibility index (Phi) is 2.69. The number of hydrogen-bond donors (Lipinski definition) is 2. The lowest BCUT2D eigenvalue weighted by atomic mass is 9.94. The number of rotatable bonds is 1. The maximum Gasteiger partial charge on any atom is 0.167 e. The first-order valence-corrected chi connectivity index (χ1v) is 4.28. The van der Waals surface area contributed by atoms with E-state index < -0.39 is 22.9 Å². The van der Waals surface area contributed by atoms with Crippen LogP contribution in [0.1, 0.15) is 19.4 Å². The number of nitrogens with two attached hydrogens (primary N) is 1. The summed E-state index contributed by atoms with van der Waals surface area (Å²) in [4.78, 5) is 0. The zero-order chi connectivity index (χ0) is 11.1. The average Bonchev–Trinajstić information content (AvgIpc) is 1.98. The number of halogens is 3. The maximum atomic E-state index is 13.3. The fourth-order valence-electron chi connectivity index (χ4n) is 1.17. The van der Waals surface area contributed by atoms with E-state index in [4.69, 9.17) is 17.3 Å². The van der Waals surface area contributed by atoms with Crippen molar-refractivity contribution in [2.75, 3.05) is 0 Å². The van der Waals surface area contributed by atoms with Crippen LogP contribution in [0.15, 0.2) is 6.07 Å². The van der Waals surface area contributed by atoms with Crippen molar-refractivity contribution in [2.45, 2.75) is 19.4 Å². The lowest BCUT2D eigenvalue weighted by Crippen LogP contribution is -2.30. The van der Waals surface area contributed by atoms with E-state index in [2.05, 4.69) is 0 Å². The summed E-state index contributed by atoms with van der Waals surface area (Å²) in [6.45, 7) is 2.89. The van der Waals surface area contributed by atoms with Crippen LogP contribution in [-0.4, -0.2) is 5.11 Å². The van der Waals surface area contributed by atoms with Gasteiger partial charge in [0.1, 0.15) is 5.75 Å². The fraction of sp³-hybridized carbons (Fsp3) is 0.333. The van der Waals surface area contributed by atoms with Crippen molar-refractivity contribution in [2.24, 2.45) is 5.73 Å². The van der Waals surface area contributed by atoms with Crippen molar-refractivity contribution in [1.29, 1.82) is 0 Å². The van der Waals surface area contributed by atoms with Crippen LogP contribution in [0, 0.1) is 11.6 Å². The van der Waals surface area contributed by atoms with Crippen LogP contribution in [0.3, 0.4) is 0 Å². The summed E-state index contributed by atoms with van der Waals surface area (Å²) in [6.07, 6.45) is 0. The van der Waals surface area contributed by atoms with E-state index in [0.717, 1.165) is 0 Å². The number of hydrogen-bond acceptors (Lipinski definition) is 2. The van der Waals surface area contributed by atoms with Gasteiger partial charge in [0.25, 0.3) is 0 Å². The lowest BCUT2D eigenvalue weighted by Gasteiger charge is -2.21. The fourth-order valence-corrected chi connectivity index (χ4v) is 1.36. The molecule has 5 heteroatoms. The van der Waals surface area contributed by atoms with Crippen molar-refractivity contribution >= 4 is 11.6 Å². The Morgan fingerprint density at radius 3 is 2.36 bits per heavy atom. The third-order valence-corrected chi connectivity index (χ3v) is 2.08. The van der Waals surface area contributed by atoms with Crippen molar-refractivity contribution in [3.63, 3.8) is 0 Å². The van der Waals surface area contributed by atoms with E-state index in [1.165, 1.54) is 13.8 Å². The first-order valence-electron chi connectivity index (χ1n) is 3.91. The van der Waals surface area contributed by atoms with E-state index in [-0.39, 0.29) is 10.6 Å². The SMILES string of the molecule is CC(C)(N)c1c(O)c(Cl)cc(F)c1F. The number of phenols is 1. The highest BCUT2D eigenvalue weighted by atomic mass is 35.5. The second kappa shape index (κ2) is 3.37.